The van der Waals surface area contributed by atoms with Crippen molar-refractivity contribution in [1.82, 2.24) is 0 Å². The molecule has 0 unspecified atom stereocenters. The van der Waals surface area contributed by atoms with Gasteiger partial charge in [0, 0.05) is 0 Å². The lowest BCUT2D eigenvalue weighted by Gasteiger charge is -2.25. The molecule has 0 bridgehead atoms. The molecule has 2 aliphatic carbocycles. The fourth-order valence-corrected chi connectivity index (χ4v) is 2.23. The van der Waals surface area contributed by atoms with Crippen LogP contribution < -0.4 is 0 Å². The maximum absolute atomic E-state index is 9.17. The van der Waals surface area contributed by atoms with Crippen molar-refractivity contribution < 1.29 is 10.2 Å². The Morgan fingerprint density at radius 1 is 0.857 bits per heavy atom. The van der Waals surface area contributed by atoms with E-state index in [0.717, 1.165) is 36.8 Å². The highest BCUT2D eigenvalue weighted by Crippen LogP contribution is 2.35. The molecule has 2 rings (SSSR count). The van der Waals surface area contributed by atoms with E-state index in [4.69, 9.17) is 0 Å². The largest absolute Gasteiger partial charge is 0.392 e. The summed E-state index contributed by atoms with van der Waals surface area (Å²) >= 11 is 0. The Bertz CT molecular complexity index is 281. The molecule has 2 nitrogen and oxygen atoms in total. The van der Waals surface area contributed by atoms with Crippen LogP contribution in [0.5, 0.6) is 0 Å². The van der Waals surface area contributed by atoms with Gasteiger partial charge in [-0.15, -0.1) is 0 Å². The lowest BCUT2D eigenvalue weighted by atomic mass is 9.81. The molecule has 0 aliphatic heterocycles. The van der Waals surface area contributed by atoms with Crippen LogP contribution in [0.4, 0.5) is 0 Å². The Morgan fingerprint density at radius 3 is 1.64 bits per heavy atom. The summed E-state index contributed by atoms with van der Waals surface area (Å²) in [7, 11) is 0. The van der Waals surface area contributed by atoms with Crippen molar-refractivity contribution in [2.24, 2.45) is 0 Å². The van der Waals surface area contributed by atoms with Crippen molar-refractivity contribution >= 4 is 0 Å². The van der Waals surface area contributed by atoms with Gasteiger partial charge in [0.05, 0.1) is 13.2 Å². The SMILES string of the molecule is OCC1=C(CO)CC2=C(CC=CC2)C1. The van der Waals surface area contributed by atoms with Crippen LogP contribution in [0.25, 0.3) is 0 Å². The molecule has 0 atom stereocenters. The molecule has 14 heavy (non-hydrogen) atoms. The molecule has 0 fully saturated rings. The van der Waals surface area contributed by atoms with Gasteiger partial charge in [0.1, 0.15) is 0 Å². The molecule has 0 spiro atoms. The van der Waals surface area contributed by atoms with Crippen molar-refractivity contribution in [3.05, 3.63) is 34.4 Å². The Labute approximate surface area is 84.3 Å². The first kappa shape index (κ1) is 9.69. The average molecular weight is 192 g/mol. The van der Waals surface area contributed by atoms with Gasteiger partial charge in [0.15, 0.2) is 0 Å². The van der Waals surface area contributed by atoms with Gasteiger partial charge >= 0.3 is 0 Å². The molecule has 2 heteroatoms. The second kappa shape index (κ2) is 4.11. The summed E-state index contributed by atoms with van der Waals surface area (Å²) in [4.78, 5) is 0. The maximum atomic E-state index is 9.17. The number of aliphatic hydroxyl groups excluding tert-OH is 2. The van der Waals surface area contributed by atoms with E-state index < -0.39 is 0 Å². The fraction of sp³-hybridized carbons (Fsp3) is 0.500. The zero-order valence-corrected chi connectivity index (χ0v) is 8.29. The predicted octanol–water partition coefficient (Wildman–Crippen LogP) is 1.71. The number of hydrogen-bond donors (Lipinski definition) is 2. The Kier molecular flexibility index (Phi) is 2.85. The van der Waals surface area contributed by atoms with Gasteiger partial charge in [-0.3, -0.25) is 0 Å². The first-order valence-electron chi connectivity index (χ1n) is 5.11. The second-order valence-electron chi connectivity index (χ2n) is 3.96. The highest BCUT2D eigenvalue weighted by Gasteiger charge is 2.19. The van der Waals surface area contributed by atoms with Crippen LogP contribution in [0.15, 0.2) is 34.4 Å². The molecule has 76 valence electrons. The predicted molar refractivity (Wildman–Crippen MR) is 55.8 cm³/mol. The average Bonchev–Trinajstić information content (AvgIpc) is 2.27. The van der Waals surface area contributed by atoms with Crippen LogP contribution in [0.1, 0.15) is 25.7 Å². The molecule has 0 aromatic rings. The monoisotopic (exact) mass is 192 g/mol. The maximum Gasteiger partial charge on any atom is 0.0648 e. The van der Waals surface area contributed by atoms with Crippen LogP contribution in [0.2, 0.25) is 0 Å². The van der Waals surface area contributed by atoms with E-state index in [-0.39, 0.29) is 13.2 Å². The topological polar surface area (TPSA) is 40.5 Å². The zero-order chi connectivity index (χ0) is 9.97. The quantitative estimate of drug-likeness (QED) is 0.654. The third-order valence-corrected chi connectivity index (χ3v) is 3.13. The van der Waals surface area contributed by atoms with Gasteiger partial charge in [-0.25, -0.2) is 0 Å². The van der Waals surface area contributed by atoms with Gasteiger partial charge in [-0.05, 0) is 36.8 Å². The molecule has 0 aromatic heterocycles. The van der Waals surface area contributed by atoms with Gasteiger partial charge in [0.2, 0.25) is 0 Å². The van der Waals surface area contributed by atoms with Gasteiger partial charge in [-0.2, -0.15) is 0 Å². The van der Waals surface area contributed by atoms with Crippen molar-refractivity contribution in [1.29, 1.82) is 0 Å². The van der Waals surface area contributed by atoms with Gasteiger partial charge in [0.25, 0.3) is 0 Å². The van der Waals surface area contributed by atoms with Crippen LogP contribution in [-0.2, 0) is 0 Å². The first-order chi connectivity index (χ1) is 6.85. The molecule has 0 saturated heterocycles. The smallest absolute Gasteiger partial charge is 0.0648 e. The fourth-order valence-electron chi connectivity index (χ4n) is 2.23. The first-order valence-corrected chi connectivity index (χ1v) is 5.11. The normalized spacial score (nSPS) is 21.6. The minimum atomic E-state index is 0.0936. The van der Waals surface area contributed by atoms with Crippen molar-refractivity contribution in [3.8, 4) is 0 Å². The highest BCUT2D eigenvalue weighted by atomic mass is 16.3. The number of allylic oxidation sites excluding steroid dienone is 4. The third kappa shape index (κ3) is 1.68. The van der Waals surface area contributed by atoms with Crippen LogP contribution in [0, 0.1) is 0 Å². The minimum absolute atomic E-state index is 0.0936. The van der Waals surface area contributed by atoms with Crippen LogP contribution in [0.3, 0.4) is 0 Å². The summed E-state index contributed by atoms with van der Waals surface area (Å²) < 4.78 is 0. The second-order valence-corrected chi connectivity index (χ2v) is 3.96. The van der Waals surface area contributed by atoms with Gasteiger partial charge < -0.3 is 10.2 Å². The molecule has 0 saturated carbocycles. The molecule has 2 aliphatic rings. The van der Waals surface area contributed by atoms with E-state index in [1.54, 1.807) is 0 Å². The minimum Gasteiger partial charge on any atom is -0.392 e. The molecular weight excluding hydrogens is 176 g/mol. The lowest BCUT2D eigenvalue weighted by molar-refractivity contribution is 0.304. The molecular formula is C12H16O2. The van der Waals surface area contributed by atoms with Crippen molar-refractivity contribution in [3.63, 3.8) is 0 Å². The summed E-state index contributed by atoms with van der Waals surface area (Å²) in [5, 5.41) is 18.3. The van der Waals surface area contributed by atoms with Crippen molar-refractivity contribution in [2.75, 3.05) is 13.2 Å². The van der Waals surface area contributed by atoms with Crippen LogP contribution >= 0.6 is 0 Å². The summed E-state index contributed by atoms with van der Waals surface area (Å²) in [6, 6.07) is 0. The highest BCUT2D eigenvalue weighted by molar-refractivity contribution is 5.38. The standard InChI is InChI=1S/C12H16O2/c13-7-11-5-9-3-1-2-4-10(9)6-12(11)8-14/h1-2,13-14H,3-8H2. The Hall–Kier alpha value is -0.860. The molecule has 0 radical (unpaired) electrons. The summed E-state index contributed by atoms with van der Waals surface area (Å²) in [6.07, 6.45) is 8.17. The van der Waals surface area contributed by atoms with E-state index in [1.165, 1.54) is 11.1 Å². The molecule has 0 aromatic carbocycles. The number of aliphatic hydroxyl groups is 2. The number of rotatable bonds is 2. The Balaban J connectivity index is 2.18. The molecule has 2 N–H and O–H groups in total. The van der Waals surface area contributed by atoms with E-state index >= 15 is 0 Å². The van der Waals surface area contributed by atoms with E-state index in [2.05, 4.69) is 12.2 Å². The lowest BCUT2D eigenvalue weighted by Crippen LogP contribution is -2.11. The summed E-state index contributed by atoms with van der Waals surface area (Å²) in [5.74, 6) is 0. The molecule has 0 amide bonds. The summed E-state index contributed by atoms with van der Waals surface area (Å²) in [5.41, 5.74) is 4.96. The van der Waals surface area contributed by atoms with E-state index in [1.807, 2.05) is 0 Å². The molecule has 0 heterocycles. The Morgan fingerprint density at radius 2 is 1.29 bits per heavy atom. The van der Waals surface area contributed by atoms with Crippen molar-refractivity contribution in [2.45, 2.75) is 25.7 Å². The summed E-state index contributed by atoms with van der Waals surface area (Å²) in [6.45, 7) is 0.187. The zero-order valence-electron chi connectivity index (χ0n) is 8.29. The van der Waals surface area contributed by atoms with E-state index in [9.17, 15) is 10.2 Å². The van der Waals surface area contributed by atoms with Gasteiger partial charge in [-0.1, -0.05) is 23.3 Å². The van der Waals surface area contributed by atoms with E-state index in [0.29, 0.717) is 0 Å². The number of hydrogen-bond acceptors (Lipinski definition) is 2. The van der Waals surface area contributed by atoms with Crippen LogP contribution in [-0.4, -0.2) is 23.4 Å². The third-order valence-electron chi connectivity index (χ3n) is 3.13.